The van der Waals surface area contributed by atoms with Gasteiger partial charge in [-0.2, -0.15) is 10.2 Å². The van der Waals surface area contributed by atoms with Crippen molar-refractivity contribution >= 4 is 24.3 Å². The number of nitrogens with zero attached hydrogens (tertiary/aromatic N) is 8. The second-order valence-electron chi connectivity index (χ2n) is 11.2. The fourth-order valence-electron chi connectivity index (χ4n) is 6.16. The topological polar surface area (TPSA) is 106 Å². The van der Waals surface area contributed by atoms with Gasteiger partial charge in [0.05, 0.1) is 35.1 Å². The summed E-state index contributed by atoms with van der Waals surface area (Å²) in [5.41, 5.74) is 4.19. The largest absolute Gasteiger partial charge is 0.487 e. The van der Waals surface area contributed by atoms with E-state index in [-0.39, 0.29) is 12.0 Å². The molecule has 0 amide bonds. The van der Waals surface area contributed by atoms with Crippen LogP contribution in [0.2, 0.25) is 16.6 Å². The summed E-state index contributed by atoms with van der Waals surface area (Å²) in [4.78, 5) is 17.1. The minimum atomic E-state index is -1.92. The highest BCUT2D eigenvalue weighted by Gasteiger charge is 2.46. The Morgan fingerprint density at radius 2 is 1.65 bits per heavy atom. The van der Waals surface area contributed by atoms with Gasteiger partial charge in [-0.3, -0.25) is 14.5 Å². The monoisotopic (exact) mass is 556 g/mol. The van der Waals surface area contributed by atoms with E-state index in [9.17, 15) is 4.79 Å². The normalized spacial score (nSPS) is 12.2. The predicted molar refractivity (Wildman–Crippen MR) is 158 cm³/mol. The first-order valence-electron chi connectivity index (χ1n) is 13.6. The van der Waals surface area contributed by atoms with Crippen LogP contribution in [-0.4, -0.2) is 47.6 Å². The summed E-state index contributed by atoms with van der Waals surface area (Å²) in [5.74, 6) is 0.620. The highest BCUT2D eigenvalue weighted by atomic mass is 28.3. The lowest BCUT2D eigenvalue weighted by Gasteiger charge is -2.41. The first-order valence-corrected chi connectivity index (χ1v) is 15.9. The third-order valence-corrected chi connectivity index (χ3v) is 14.8. The third-order valence-electron chi connectivity index (χ3n) is 7.92. The van der Waals surface area contributed by atoms with E-state index in [2.05, 4.69) is 68.1 Å². The number of benzene rings is 1. The smallest absolute Gasteiger partial charge is 0.206 e. The van der Waals surface area contributed by atoms with E-state index in [1.165, 1.54) is 6.07 Å². The molecule has 0 radical (unpaired) electrons. The fraction of sp³-hybridized carbons (Fsp3) is 0.379. The summed E-state index contributed by atoms with van der Waals surface area (Å²) < 4.78 is 11.1. The summed E-state index contributed by atoms with van der Waals surface area (Å²) in [6.07, 6.45) is 9.05. The van der Waals surface area contributed by atoms with Gasteiger partial charge in [0.25, 0.3) is 0 Å². The Morgan fingerprint density at radius 3 is 2.33 bits per heavy atom. The molecular formula is C29H36N8O2Si. The van der Waals surface area contributed by atoms with Gasteiger partial charge >= 0.3 is 0 Å². The van der Waals surface area contributed by atoms with E-state index < -0.39 is 8.07 Å². The van der Waals surface area contributed by atoms with Gasteiger partial charge in [-0.25, -0.2) is 9.36 Å². The minimum absolute atomic E-state index is 0.0390. The van der Waals surface area contributed by atoms with Crippen LogP contribution >= 0.6 is 0 Å². The Morgan fingerprint density at radius 1 is 0.900 bits per heavy atom. The molecule has 4 heterocycles. The predicted octanol–water partition coefficient (Wildman–Crippen LogP) is 4.56. The molecule has 40 heavy (non-hydrogen) atoms. The van der Waals surface area contributed by atoms with E-state index in [0.29, 0.717) is 28.1 Å². The molecule has 0 N–H and O–H groups in total. The summed E-state index contributed by atoms with van der Waals surface area (Å²) in [5, 5.41) is 19.9. The molecule has 0 spiro atoms. The van der Waals surface area contributed by atoms with Gasteiger partial charge in [-0.15, -0.1) is 5.10 Å². The lowest BCUT2D eigenvalue weighted by Crippen LogP contribution is -2.56. The van der Waals surface area contributed by atoms with Crippen molar-refractivity contribution in [1.82, 2.24) is 39.5 Å². The van der Waals surface area contributed by atoms with Gasteiger partial charge < -0.3 is 4.74 Å². The van der Waals surface area contributed by atoms with E-state index in [0.717, 1.165) is 27.6 Å². The van der Waals surface area contributed by atoms with E-state index in [1.807, 2.05) is 48.4 Å². The molecule has 4 aromatic heterocycles. The summed E-state index contributed by atoms with van der Waals surface area (Å²) in [6.45, 7) is 14.0. The molecule has 0 saturated heterocycles. The maximum Gasteiger partial charge on any atom is 0.206 e. The second-order valence-corrected chi connectivity index (χ2v) is 17.1. The molecule has 0 unspecified atom stereocenters. The molecule has 0 saturated carbocycles. The van der Waals surface area contributed by atoms with E-state index in [4.69, 9.17) is 9.84 Å². The van der Waals surface area contributed by atoms with Crippen LogP contribution in [0.3, 0.4) is 0 Å². The van der Waals surface area contributed by atoms with Crippen LogP contribution in [0.5, 0.6) is 5.75 Å². The molecule has 208 valence electrons. The molecule has 0 fully saturated rings. The van der Waals surface area contributed by atoms with Crippen molar-refractivity contribution in [1.29, 1.82) is 0 Å². The zero-order chi connectivity index (χ0) is 28.6. The molecule has 5 aromatic rings. The SMILES string of the molecule is CC(C)[Si](c1cn(-c2cnc3ccc(OCc4nn(-c5cnn(C)c5)ccc4=O)cc3c2)nn1)(C(C)C)C(C)C. The van der Waals surface area contributed by atoms with Crippen LogP contribution in [-0.2, 0) is 13.7 Å². The summed E-state index contributed by atoms with van der Waals surface area (Å²) in [6, 6.07) is 9.19. The van der Waals surface area contributed by atoms with Crippen molar-refractivity contribution in [2.45, 2.75) is 64.8 Å². The van der Waals surface area contributed by atoms with Crippen LogP contribution in [0.25, 0.3) is 22.3 Å². The molecule has 0 atom stereocenters. The average molecular weight is 557 g/mol. The molecular weight excluding hydrogens is 520 g/mol. The molecule has 0 aliphatic carbocycles. The molecule has 5 rings (SSSR count). The lowest BCUT2D eigenvalue weighted by atomic mass is 10.2. The average Bonchev–Trinajstić information content (AvgIpc) is 3.57. The number of pyridine rings is 1. The molecule has 1 aromatic carbocycles. The van der Waals surface area contributed by atoms with Crippen molar-refractivity contribution in [2.24, 2.45) is 7.05 Å². The van der Waals surface area contributed by atoms with Gasteiger partial charge in [-0.1, -0.05) is 46.8 Å². The number of aryl methyl sites for hydroxylation is 1. The molecule has 10 nitrogen and oxygen atoms in total. The zero-order valence-electron chi connectivity index (χ0n) is 24.1. The van der Waals surface area contributed by atoms with Gasteiger partial charge in [0, 0.05) is 30.9 Å². The maximum atomic E-state index is 12.4. The second kappa shape index (κ2) is 10.8. The van der Waals surface area contributed by atoms with Crippen molar-refractivity contribution < 1.29 is 4.74 Å². The molecule has 0 aliphatic rings. The quantitative estimate of drug-likeness (QED) is 0.245. The molecule has 11 heteroatoms. The Bertz CT molecular complexity index is 1680. The summed E-state index contributed by atoms with van der Waals surface area (Å²) in [7, 11) is -0.0943. The molecule has 0 bridgehead atoms. The number of rotatable bonds is 9. The highest BCUT2D eigenvalue weighted by Crippen LogP contribution is 2.40. The maximum absolute atomic E-state index is 12.4. The van der Waals surface area contributed by atoms with Crippen LogP contribution in [0.4, 0.5) is 0 Å². The van der Waals surface area contributed by atoms with E-state index in [1.54, 1.807) is 21.8 Å². The highest BCUT2D eigenvalue weighted by molar-refractivity contribution is 6.94. The Kier molecular flexibility index (Phi) is 7.41. The van der Waals surface area contributed by atoms with Crippen LogP contribution in [0.1, 0.15) is 47.2 Å². The van der Waals surface area contributed by atoms with Crippen molar-refractivity contribution in [3.63, 3.8) is 0 Å². The minimum Gasteiger partial charge on any atom is -0.487 e. The summed E-state index contributed by atoms with van der Waals surface area (Å²) >= 11 is 0. The Balaban J connectivity index is 1.40. The molecule has 0 aliphatic heterocycles. The van der Waals surface area contributed by atoms with Crippen LogP contribution < -0.4 is 15.5 Å². The Labute approximate surface area is 234 Å². The third kappa shape index (κ3) is 4.97. The van der Waals surface area contributed by atoms with E-state index >= 15 is 0 Å². The number of fused-ring (bicyclic) bond motifs is 1. The van der Waals surface area contributed by atoms with Gasteiger partial charge in [0.15, 0.2) is 0 Å². The van der Waals surface area contributed by atoms with Crippen LogP contribution in [0.15, 0.2) is 66.1 Å². The van der Waals surface area contributed by atoms with Crippen molar-refractivity contribution in [2.75, 3.05) is 0 Å². The number of hydrogen-bond acceptors (Lipinski definition) is 7. The van der Waals surface area contributed by atoms with Gasteiger partial charge in [0.2, 0.25) is 5.43 Å². The first-order chi connectivity index (χ1) is 19.1. The van der Waals surface area contributed by atoms with Crippen molar-refractivity contribution in [3.8, 4) is 17.1 Å². The van der Waals surface area contributed by atoms with Crippen LogP contribution in [0, 0.1) is 0 Å². The number of aromatic nitrogens is 8. The standard InChI is InChI=1S/C29H36N8O2Si/c1-19(2)40(20(3)4,21(5)6)29-17-37(34-32-29)23-12-22-13-25(8-9-26(22)30-14-23)39-18-27-28(38)10-11-36(33-27)24-15-31-35(7)16-24/h8-17,19-21H,18H2,1-7H3. The number of ether oxygens (including phenoxy) is 1. The lowest BCUT2D eigenvalue weighted by molar-refractivity contribution is 0.298. The zero-order valence-corrected chi connectivity index (χ0v) is 25.1. The fourth-order valence-corrected chi connectivity index (χ4v) is 12.5. The Hall–Kier alpha value is -4.12. The van der Waals surface area contributed by atoms with Gasteiger partial charge in [-0.05, 0) is 40.9 Å². The first kappa shape index (κ1) is 27.4. The van der Waals surface area contributed by atoms with Gasteiger partial charge in [0.1, 0.15) is 31.8 Å². The van der Waals surface area contributed by atoms with Crippen molar-refractivity contribution in [3.05, 3.63) is 77.2 Å². The number of hydrogen-bond donors (Lipinski definition) is 0.